The first-order valence-electron chi connectivity index (χ1n) is 8.69. The fourth-order valence-corrected chi connectivity index (χ4v) is 2.69. The van der Waals surface area contributed by atoms with Gasteiger partial charge in [-0.1, -0.05) is 50.2 Å². The molecule has 0 N–H and O–H groups in total. The Labute approximate surface area is 156 Å². The van der Waals surface area contributed by atoms with Gasteiger partial charge in [0.25, 0.3) is 0 Å². The Balaban J connectivity index is 2.06. The first kappa shape index (κ1) is 19.6. The fourth-order valence-electron chi connectivity index (χ4n) is 2.69. The van der Waals surface area contributed by atoms with E-state index in [1.54, 1.807) is 38.3 Å². The van der Waals surface area contributed by atoms with E-state index >= 15 is 0 Å². The van der Waals surface area contributed by atoms with Crippen molar-refractivity contribution in [2.75, 3.05) is 21.3 Å². The molecule has 0 aliphatic heterocycles. The lowest BCUT2D eigenvalue weighted by molar-refractivity contribution is -0.125. The number of amides is 1. The Morgan fingerprint density at radius 3 is 2.35 bits per heavy atom. The molecule has 0 aliphatic rings. The number of benzene rings is 2. The molecule has 0 atom stereocenters. The van der Waals surface area contributed by atoms with E-state index in [9.17, 15) is 4.79 Å². The molecule has 4 heteroatoms. The molecule has 0 saturated heterocycles. The summed E-state index contributed by atoms with van der Waals surface area (Å²) in [6.45, 7) is 4.90. The molecule has 0 aliphatic carbocycles. The second-order valence-corrected chi connectivity index (χ2v) is 6.51. The number of rotatable bonds is 7. The lowest BCUT2D eigenvalue weighted by Crippen LogP contribution is -2.24. The topological polar surface area (TPSA) is 38.8 Å². The van der Waals surface area contributed by atoms with Gasteiger partial charge in [-0.05, 0) is 29.2 Å². The van der Waals surface area contributed by atoms with Crippen LogP contribution in [0.4, 0.5) is 0 Å². The van der Waals surface area contributed by atoms with Crippen molar-refractivity contribution in [3.63, 3.8) is 0 Å². The number of para-hydroxylation sites is 1. The molecule has 0 heterocycles. The molecule has 26 heavy (non-hydrogen) atoms. The van der Waals surface area contributed by atoms with Gasteiger partial charge in [0, 0.05) is 25.2 Å². The van der Waals surface area contributed by atoms with Crippen molar-refractivity contribution in [3.8, 4) is 11.5 Å². The summed E-state index contributed by atoms with van der Waals surface area (Å²) in [4.78, 5) is 14.1. The van der Waals surface area contributed by atoms with Crippen molar-refractivity contribution in [1.82, 2.24) is 4.90 Å². The molecule has 0 fully saturated rings. The summed E-state index contributed by atoms with van der Waals surface area (Å²) in [5.41, 5.74) is 3.21. The molecular weight excluding hydrogens is 326 g/mol. The largest absolute Gasteiger partial charge is 0.493 e. The lowest BCUT2D eigenvalue weighted by Gasteiger charge is -2.16. The van der Waals surface area contributed by atoms with Gasteiger partial charge in [-0.25, -0.2) is 0 Å². The van der Waals surface area contributed by atoms with Crippen LogP contribution in [0.1, 0.15) is 36.5 Å². The van der Waals surface area contributed by atoms with Gasteiger partial charge in [0.2, 0.25) is 5.91 Å². The summed E-state index contributed by atoms with van der Waals surface area (Å²) in [7, 11) is 4.98. The predicted octanol–water partition coefficient (Wildman–Crippen LogP) is 4.50. The van der Waals surface area contributed by atoms with Crippen molar-refractivity contribution in [1.29, 1.82) is 0 Å². The second-order valence-electron chi connectivity index (χ2n) is 6.51. The molecule has 2 aromatic carbocycles. The smallest absolute Gasteiger partial charge is 0.246 e. The number of ether oxygens (including phenoxy) is 2. The van der Waals surface area contributed by atoms with Crippen LogP contribution >= 0.6 is 0 Å². The van der Waals surface area contributed by atoms with E-state index in [1.165, 1.54) is 5.56 Å². The van der Waals surface area contributed by atoms with Crippen LogP contribution in [0.25, 0.3) is 6.08 Å². The standard InChI is InChI=1S/C22H27NO3/c1-16(2)18-11-9-17(10-12-18)15-23(3)21(24)14-13-19-7-6-8-20(25-4)22(19)26-5/h6-14,16H,15H2,1-5H3/b14-13+. The molecule has 0 aromatic heterocycles. The fraction of sp³-hybridized carbons (Fsp3) is 0.318. The monoisotopic (exact) mass is 353 g/mol. The summed E-state index contributed by atoms with van der Waals surface area (Å²) in [6, 6.07) is 14.0. The first-order valence-corrected chi connectivity index (χ1v) is 8.69. The van der Waals surface area contributed by atoms with Crippen molar-refractivity contribution < 1.29 is 14.3 Å². The van der Waals surface area contributed by atoms with Crippen LogP contribution in [0.5, 0.6) is 11.5 Å². The third-order valence-corrected chi connectivity index (χ3v) is 4.28. The second kappa shape index (κ2) is 9.09. The Kier molecular flexibility index (Phi) is 6.84. The third kappa shape index (κ3) is 4.88. The van der Waals surface area contributed by atoms with Crippen LogP contribution in [0.2, 0.25) is 0 Å². The van der Waals surface area contributed by atoms with Crippen molar-refractivity contribution in [2.24, 2.45) is 0 Å². The summed E-state index contributed by atoms with van der Waals surface area (Å²) in [5, 5.41) is 0. The average Bonchev–Trinajstić information content (AvgIpc) is 2.65. The van der Waals surface area contributed by atoms with Gasteiger partial charge in [-0.3, -0.25) is 4.79 Å². The molecule has 0 bridgehead atoms. The van der Waals surface area contributed by atoms with Crippen LogP contribution in [-0.4, -0.2) is 32.1 Å². The van der Waals surface area contributed by atoms with Gasteiger partial charge >= 0.3 is 0 Å². The minimum Gasteiger partial charge on any atom is -0.493 e. The number of methoxy groups -OCH3 is 2. The number of hydrogen-bond donors (Lipinski definition) is 0. The first-order chi connectivity index (χ1) is 12.5. The molecule has 4 nitrogen and oxygen atoms in total. The van der Waals surface area contributed by atoms with E-state index in [0.29, 0.717) is 24.0 Å². The third-order valence-electron chi connectivity index (χ3n) is 4.28. The Morgan fingerprint density at radius 2 is 1.77 bits per heavy atom. The Bertz CT molecular complexity index is 763. The minimum absolute atomic E-state index is 0.0668. The van der Waals surface area contributed by atoms with Gasteiger partial charge in [-0.15, -0.1) is 0 Å². The van der Waals surface area contributed by atoms with Crippen molar-refractivity contribution in [3.05, 3.63) is 65.2 Å². The zero-order valence-corrected chi connectivity index (χ0v) is 16.2. The Morgan fingerprint density at radius 1 is 1.08 bits per heavy atom. The van der Waals surface area contributed by atoms with Crippen LogP contribution in [0.15, 0.2) is 48.5 Å². The number of likely N-dealkylation sites (N-methyl/N-ethyl adjacent to an activating group) is 1. The zero-order valence-electron chi connectivity index (χ0n) is 16.2. The number of nitrogens with zero attached hydrogens (tertiary/aromatic N) is 1. The Hall–Kier alpha value is -2.75. The van der Waals surface area contributed by atoms with Crippen molar-refractivity contribution >= 4 is 12.0 Å². The lowest BCUT2D eigenvalue weighted by atomic mass is 10.0. The van der Waals surface area contributed by atoms with E-state index in [4.69, 9.17) is 9.47 Å². The minimum atomic E-state index is -0.0668. The molecule has 138 valence electrons. The average molecular weight is 353 g/mol. The number of carbonyl (C=O) groups excluding carboxylic acids is 1. The van der Waals surface area contributed by atoms with Crippen LogP contribution in [0.3, 0.4) is 0 Å². The van der Waals surface area contributed by atoms with Gasteiger partial charge in [0.05, 0.1) is 14.2 Å². The van der Waals surface area contributed by atoms with Gasteiger partial charge in [-0.2, -0.15) is 0 Å². The number of hydrogen-bond acceptors (Lipinski definition) is 3. The predicted molar refractivity (Wildman–Crippen MR) is 106 cm³/mol. The maximum atomic E-state index is 12.4. The highest BCUT2D eigenvalue weighted by molar-refractivity contribution is 5.92. The quantitative estimate of drug-likeness (QED) is 0.688. The number of carbonyl (C=O) groups is 1. The van der Waals surface area contributed by atoms with E-state index in [0.717, 1.165) is 11.1 Å². The van der Waals surface area contributed by atoms with E-state index in [1.807, 2.05) is 18.2 Å². The van der Waals surface area contributed by atoms with Gasteiger partial charge < -0.3 is 14.4 Å². The molecule has 2 aromatic rings. The molecule has 0 spiro atoms. The molecule has 2 rings (SSSR count). The molecule has 1 amide bonds. The van der Waals surface area contributed by atoms with E-state index in [-0.39, 0.29) is 5.91 Å². The maximum absolute atomic E-state index is 12.4. The van der Waals surface area contributed by atoms with Crippen LogP contribution < -0.4 is 9.47 Å². The summed E-state index contributed by atoms with van der Waals surface area (Å²) in [6.07, 6.45) is 3.31. The van der Waals surface area contributed by atoms with E-state index < -0.39 is 0 Å². The zero-order chi connectivity index (χ0) is 19.1. The maximum Gasteiger partial charge on any atom is 0.246 e. The molecule has 0 saturated carbocycles. The highest BCUT2D eigenvalue weighted by atomic mass is 16.5. The highest BCUT2D eigenvalue weighted by Crippen LogP contribution is 2.31. The normalized spacial score (nSPS) is 11.0. The molecule has 0 radical (unpaired) electrons. The van der Waals surface area contributed by atoms with E-state index in [2.05, 4.69) is 38.1 Å². The van der Waals surface area contributed by atoms with Gasteiger partial charge in [0.15, 0.2) is 11.5 Å². The summed E-state index contributed by atoms with van der Waals surface area (Å²) in [5.74, 6) is 1.69. The SMILES string of the molecule is COc1cccc(/C=C/C(=O)N(C)Cc2ccc(C(C)C)cc2)c1OC. The van der Waals surface area contributed by atoms with Crippen LogP contribution in [-0.2, 0) is 11.3 Å². The van der Waals surface area contributed by atoms with Crippen molar-refractivity contribution in [2.45, 2.75) is 26.3 Å². The molecular formula is C22H27NO3. The molecule has 0 unspecified atom stereocenters. The van der Waals surface area contributed by atoms with Gasteiger partial charge in [0.1, 0.15) is 0 Å². The summed E-state index contributed by atoms with van der Waals surface area (Å²) >= 11 is 0. The highest BCUT2D eigenvalue weighted by Gasteiger charge is 2.09. The summed E-state index contributed by atoms with van der Waals surface area (Å²) < 4.78 is 10.7. The van der Waals surface area contributed by atoms with Crippen LogP contribution in [0, 0.1) is 0 Å².